The number of nitrogen functional groups attached to an aromatic ring is 1. The first kappa shape index (κ1) is 15.2. The molecule has 3 N–H and O–H groups in total. The molecule has 0 spiro atoms. The standard InChI is InChI=1S/C19H21N3O/c1-13(2)17-8-3-4-9-19(17)23-12-16-11-18(22-21-16)14-6-5-7-15(20)10-14/h3-11,13H,12,20H2,1-2H3,(H,21,22). The number of benzene rings is 2. The summed E-state index contributed by atoms with van der Waals surface area (Å²) < 4.78 is 5.96. The van der Waals surface area contributed by atoms with Gasteiger partial charge in [-0.1, -0.05) is 44.2 Å². The summed E-state index contributed by atoms with van der Waals surface area (Å²) in [5.74, 6) is 1.35. The van der Waals surface area contributed by atoms with Crippen molar-refractivity contribution < 1.29 is 4.74 Å². The lowest BCUT2D eigenvalue weighted by Crippen LogP contribution is -1.99. The van der Waals surface area contributed by atoms with E-state index in [-0.39, 0.29) is 0 Å². The zero-order valence-corrected chi connectivity index (χ0v) is 13.4. The molecule has 118 valence electrons. The lowest BCUT2D eigenvalue weighted by Gasteiger charge is -2.13. The van der Waals surface area contributed by atoms with Crippen LogP contribution in [0.25, 0.3) is 11.3 Å². The van der Waals surface area contributed by atoms with Crippen molar-refractivity contribution in [1.29, 1.82) is 0 Å². The van der Waals surface area contributed by atoms with Gasteiger partial charge in [0, 0.05) is 11.3 Å². The highest BCUT2D eigenvalue weighted by Crippen LogP contribution is 2.27. The third-order valence-corrected chi connectivity index (χ3v) is 3.74. The Morgan fingerprint density at radius 3 is 2.70 bits per heavy atom. The van der Waals surface area contributed by atoms with E-state index in [1.54, 1.807) is 0 Å². The number of nitrogens with zero attached hydrogens (tertiary/aromatic N) is 1. The van der Waals surface area contributed by atoms with Crippen LogP contribution >= 0.6 is 0 Å². The summed E-state index contributed by atoms with van der Waals surface area (Å²) in [6.45, 7) is 4.78. The summed E-state index contributed by atoms with van der Waals surface area (Å²) in [5, 5.41) is 7.36. The van der Waals surface area contributed by atoms with Crippen LogP contribution in [-0.2, 0) is 6.61 Å². The third-order valence-electron chi connectivity index (χ3n) is 3.74. The normalized spacial score (nSPS) is 10.9. The van der Waals surface area contributed by atoms with Crippen LogP contribution in [0, 0.1) is 0 Å². The summed E-state index contributed by atoms with van der Waals surface area (Å²) in [6, 6.07) is 17.8. The van der Waals surface area contributed by atoms with Crippen LogP contribution in [0.1, 0.15) is 31.0 Å². The minimum absolute atomic E-state index is 0.427. The number of nitrogens with one attached hydrogen (secondary N) is 1. The van der Waals surface area contributed by atoms with Crippen LogP contribution in [0.15, 0.2) is 54.6 Å². The number of rotatable bonds is 5. The Balaban J connectivity index is 1.73. The second-order valence-electron chi connectivity index (χ2n) is 5.89. The first-order valence-electron chi connectivity index (χ1n) is 7.75. The molecule has 4 nitrogen and oxygen atoms in total. The predicted octanol–water partition coefficient (Wildman–Crippen LogP) is 4.36. The zero-order valence-electron chi connectivity index (χ0n) is 13.4. The smallest absolute Gasteiger partial charge is 0.130 e. The Bertz CT molecular complexity index is 793. The van der Waals surface area contributed by atoms with Gasteiger partial charge in [-0.2, -0.15) is 5.10 Å². The Labute approximate surface area is 136 Å². The highest BCUT2D eigenvalue weighted by molar-refractivity contribution is 5.64. The molecule has 0 aliphatic heterocycles. The molecule has 3 aromatic rings. The number of hydrogen-bond acceptors (Lipinski definition) is 3. The molecule has 0 saturated carbocycles. The largest absolute Gasteiger partial charge is 0.487 e. The summed E-state index contributed by atoms with van der Waals surface area (Å²) in [7, 11) is 0. The molecule has 0 fully saturated rings. The summed E-state index contributed by atoms with van der Waals surface area (Å²) in [6.07, 6.45) is 0. The van der Waals surface area contributed by atoms with Crippen molar-refractivity contribution in [3.8, 4) is 17.0 Å². The lowest BCUT2D eigenvalue weighted by molar-refractivity contribution is 0.297. The summed E-state index contributed by atoms with van der Waals surface area (Å²) in [4.78, 5) is 0. The monoisotopic (exact) mass is 307 g/mol. The Morgan fingerprint density at radius 1 is 1.09 bits per heavy atom. The van der Waals surface area contributed by atoms with Crippen molar-refractivity contribution in [2.75, 3.05) is 5.73 Å². The molecule has 0 aliphatic rings. The first-order valence-corrected chi connectivity index (χ1v) is 7.75. The molecule has 0 aliphatic carbocycles. The van der Waals surface area contributed by atoms with Gasteiger partial charge in [-0.05, 0) is 35.7 Å². The molecule has 4 heteroatoms. The SMILES string of the molecule is CC(C)c1ccccc1OCc1cc(-c2cccc(N)c2)n[nH]1. The number of nitrogens with two attached hydrogens (primary N) is 1. The second kappa shape index (κ2) is 6.57. The number of ether oxygens (including phenoxy) is 1. The average molecular weight is 307 g/mol. The van der Waals surface area contributed by atoms with Crippen molar-refractivity contribution in [3.05, 3.63) is 65.9 Å². The van der Waals surface area contributed by atoms with Gasteiger partial charge in [0.25, 0.3) is 0 Å². The minimum atomic E-state index is 0.427. The molecule has 0 unspecified atom stereocenters. The molecule has 0 saturated heterocycles. The number of anilines is 1. The number of aromatic nitrogens is 2. The van der Waals surface area contributed by atoms with Crippen LogP contribution in [0.2, 0.25) is 0 Å². The van der Waals surface area contributed by atoms with E-state index in [2.05, 4.69) is 30.1 Å². The summed E-state index contributed by atoms with van der Waals surface area (Å²) in [5.41, 5.74) is 10.6. The highest BCUT2D eigenvalue weighted by Gasteiger charge is 2.09. The number of hydrogen-bond donors (Lipinski definition) is 2. The minimum Gasteiger partial charge on any atom is -0.487 e. The molecule has 1 aromatic heterocycles. The fraction of sp³-hybridized carbons (Fsp3) is 0.211. The van der Waals surface area contributed by atoms with E-state index in [1.165, 1.54) is 5.56 Å². The van der Waals surface area contributed by atoms with Crippen molar-refractivity contribution >= 4 is 5.69 Å². The van der Waals surface area contributed by atoms with Gasteiger partial charge in [0.15, 0.2) is 0 Å². The van der Waals surface area contributed by atoms with E-state index < -0.39 is 0 Å². The Hall–Kier alpha value is -2.75. The summed E-state index contributed by atoms with van der Waals surface area (Å²) >= 11 is 0. The maximum Gasteiger partial charge on any atom is 0.130 e. The molecule has 3 rings (SSSR count). The van der Waals surface area contributed by atoms with Gasteiger partial charge in [-0.3, -0.25) is 5.10 Å². The van der Waals surface area contributed by atoms with Crippen LogP contribution in [0.4, 0.5) is 5.69 Å². The van der Waals surface area contributed by atoms with Crippen molar-refractivity contribution in [2.45, 2.75) is 26.4 Å². The van der Waals surface area contributed by atoms with Gasteiger partial charge < -0.3 is 10.5 Å². The lowest BCUT2D eigenvalue weighted by atomic mass is 10.0. The van der Waals surface area contributed by atoms with Crippen molar-refractivity contribution in [2.24, 2.45) is 0 Å². The molecule has 0 radical (unpaired) electrons. The van der Waals surface area contributed by atoms with Gasteiger partial charge in [-0.25, -0.2) is 0 Å². The third kappa shape index (κ3) is 3.54. The molecule has 2 aromatic carbocycles. The molecular formula is C19H21N3O. The zero-order chi connectivity index (χ0) is 16.2. The fourth-order valence-corrected chi connectivity index (χ4v) is 2.53. The number of H-pyrrole nitrogens is 1. The van der Waals surface area contributed by atoms with Crippen LogP contribution < -0.4 is 10.5 Å². The predicted molar refractivity (Wildman–Crippen MR) is 93.3 cm³/mol. The number of aromatic amines is 1. The van der Waals surface area contributed by atoms with Gasteiger partial charge in [0.05, 0.1) is 11.4 Å². The van der Waals surface area contributed by atoms with Crippen molar-refractivity contribution in [3.63, 3.8) is 0 Å². The van der Waals surface area contributed by atoms with Gasteiger partial charge >= 0.3 is 0 Å². The van der Waals surface area contributed by atoms with E-state index in [1.807, 2.05) is 48.5 Å². The molecule has 23 heavy (non-hydrogen) atoms. The highest BCUT2D eigenvalue weighted by atomic mass is 16.5. The van der Waals surface area contributed by atoms with E-state index in [0.29, 0.717) is 12.5 Å². The molecular weight excluding hydrogens is 286 g/mol. The fourth-order valence-electron chi connectivity index (χ4n) is 2.53. The van der Waals surface area contributed by atoms with Crippen molar-refractivity contribution in [1.82, 2.24) is 10.2 Å². The maximum atomic E-state index is 5.96. The maximum absolute atomic E-state index is 5.96. The molecule has 0 atom stereocenters. The Morgan fingerprint density at radius 2 is 1.91 bits per heavy atom. The number of para-hydroxylation sites is 1. The quantitative estimate of drug-likeness (QED) is 0.688. The molecule has 1 heterocycles. The van der Waals surface area contributed by atoms with Crippen LogP contribution in [-0.4, -0.2) is 10.2 Å². The van der Waals surface area contributed by atoms with Gasteiger partial charge in [0.2, 0.25) is 0 Å². The van der Waals surface area contributed by atoms with E-state index >= 15 is 0 Å². The molecule has 0 bridgehead atoms. The molecule has 0 amide bonds. The van der Waals surface area contributed by atoms with E-state index in [9.17, 15) is 0 Å². The van der Waals surface area contributed by atoms with Crippen LogP contribution in [0.3, 0.4) is 0 Å². The topological polar surface area (TPSA) is 63.9 Å². The first-order chi connectivity index (χ1) is 11.1. The Kier molecular flexibility index (Phi) is 4.33. The average Bonchev–Trinajstić information content (AvgIpc) is 3.02. The van der Waals surface area contributed by atoms with Gasteiger partial charge in [0.1, 0.15) is 12.4 Å². The van der Waals surface area contributed by atoms with E-state index in [4.69, 9.17) is 10.5 Å². The van der Waals surface area contributed by atoms with Gasteiger partial charge in [-0.15, -0.1) is 0 Å². The second-order valence-corrected chi connectivity index (χ2v) is 5.89. The van der Waals surface area contributed by atoms with Crippen LogP contribution in [0.5, 0.6) is 5.75 Å². The van der Waals surface area contributed by atoms with E-state index in [0.717, 1.165) is 28.4 Å².